The Kier molecular flexibility index (Phi) is 7.76. The standard InChI is InChI=1S/C17H34N4O2/c1-18(2)14-15-23-17(22)6-9-20-7-4-16(5-8-20)21-12-10-19(3)11-13-21/h16H,4-15H2,1-3H3. The molecule has 2 saturated heterocycles. The van der Waals surface area contributed by atoms with Crippen LogP contribution in [0.5, 0.6) is 0 Å². The molecule has 23 heavy (non-hydrogen) atoms. The molecule has 0 aromatic carbocycles. The van der Waals surface area contributed by atoms with Crippen molar-refractivity contribution in [2.45, 2.75) is 25.3 Å². The molecule has 0 aliphatic carbocycles. The van der Waals surface area contributed by atoms with E-state index in [9.17, 15) is 4.79 Å². The first-order chi connectivity index (χ1) is 11.0. The molecule has 0 N–H and O–H groups in total. The van der Waals surface area contributed by atoms with E-state index in [4.69, 9.17) is 4.74 Å². The first-order valence-electron chi connectivity index (χ1n) is 9.00. The van der Waals surface area contributed by atoms with Gasteiger partial charge in [-0.1, -0.05) is 0 Å². The van der Waals surface area contributed by atoms with Gasteiger partial charge in [0.1, 0.15) is 6.61 Å². The minimum Gasteiger partial charge on any atom is -0.464 e. The van der Waals surface area contributed by atoms with Gasteiger partial charge in [-0.3, -0.25) is 9.69 Å². The zero-order chi connectivity index (χ0) is 16.7. The van der Waals surface area contributed by atoms with Gasteiger partial charge in [-0.2, -0.15) is 0 Å². The molecule has 0 aromatic rings. The number of hydrogen-bond donors (Lipinski definition) is 0. The van der Waals surface area contributed by atoms with Crippen LogP contribution in [0.25, 0.3) is 0 Å². The molecule has 0 atom stereocenters. The molecule has 0 unspecified atom stereocenters. The van der Waals surface area contributed by atoms with E-state index >= 15 is 0 Å². The summed E-state index contributed by atoms with van der Waals surface area (Å²) in [5.74, 6) is -0.0620. The molecule has 2 fully saturated rings. The summed E-state index contributed by atoms with van der Waals surface area (Å²) in [6, 6.07) is 0.743. The monoisotopic (exact) mass is 326 g/mol. The van der Waals surface area contributed by atoms with Crippen LogP contribution in [-0.2, 0) is 9.53 Å². The maximum atomic E-state index is 11.7. The largest absolute Gasteiger partial charge is 0.464 e. The fourth-order valence-corrected chi connectivity index (χ4v) is 3.36. The van der Waals surface area contributed by atoms with E-state index in [2.05, 4.69) is 21.7 Å². The van der Waals surface area contributed by atoms with E-state index < -0.39 is 0 Å². The van der Waals surface area contributed by atoms with Crippen molar-refractivity contribution in [1.29, 1.82) is 0 Å². The Labute approximate surface area is 141 Å². The number of carbonyl (C=O) groups is 1. The van der Waals surface area contributed by atoms with Gasteiger partial charge >= 0.3 is 5.97 Å². The zero-order valence-electron chi connectivity index (χ0n) is 15.2. The highest BCUT2D eigenvalue weighted by Gasteiger charge is 2.26. The Bertz CT molecular complexity index is 349. The van der Waals surface area contributed by atoms with E-state index in [0.717, 1.165) is 32.2 Å². The van der Waals surface area contributed by atoms with Gasteiger partial charge in [0, 0.05) is 45.3 Å². The second-order valence-electron chi connectivity index (χ2n) is 7.19. The molecule has 0 bridgehead atoms. The van der Waals surface area contributed by atoms with E-state index in [1.165, 1.54) is 39.0 Å². The highest BCUT2D eigenvalue weighted by molar-refractivity contribution is 5.69. The third-order valence-electron chi connectivity index (χ3n) is 5.05. The van der Waals surface area contributed by atoms with Crippen molar-refractivity contribution in [3.05, 3.63) is 0 Å². The quantitative estimate of drug-likeness (QED) is 0.622. The van der Waals surface area contributed by atoms with Crippen molar-refractivity contribution >= 4 is 5.97 Å². The molecule has 0 amide bonds. The lowest BCUT2D eigenvalue weighted by molar-refractivity contribution is -0.144. The van der Waals surface area contributed by atoms with E-state index in [0.29, 0.717) is 13.0 Å². The molecule has 2 aliphatic rings. The molecule has 2 rings (SSSR count). The molecular weight excluding hydrogens is 292 g/mol. The van der Waals surface area contributed by atoms with Crippen molar-refractivity contribution in [2.75, 3.05) is 80.1 Å². The van der Waals surface area contributed by atoms with Crippen molar-refractivity contribution in [3.8, 4) is 0 Å². The Morgan fingerprint density at radius 1 is 1.09 bits per heavy atom. The van der Waals surface area contributed by atoms with Crippen LogP contribution in [0.4, 0.5) is 0 Å². The predicted octanol–water partition coefficient (Wildman–Crippen LogP) is 0.193. The number of esters is 1. The second-order valence-corrected chi connectivity index (χ2v) is 7.19. The van der Waals surface area contributed by atoms with Gasteiger partial charge in [0.2, 0.25) is 0 Å². The lowest BCUT2D eigenvalue weighted by Gasteiger charge is -2.42. The highest BCUT2D eigenvalue weighted by atomic mass is 16.5. The summed E-state index contributed by atoms with van der Waals surface area (Å²) in [7, 11) is 6.17. The average molecular weight is 326 g/mol. The molecule has 134 valence electrons. The van der Waals surface area contributed by atoms with E-state index in [1.54, 1.807) is 0 Å². The Morgan fingerprint density at radius 2 is 1.74 bits per heavy atom. The molecule has 2 aliphatic heterocycles. The molecule has 0 radical (unpaired) electrons. The van der Waals surface area contributed by atoms with Gasteiger partial charge in [-0.05, 0) is 47.1 Å². The third-order valence-corrected chi connectivity index (χ3v) is 5.05. The number of likely N-dealkylation sites (tertiary alicyclic amines) is 1. The number of carbonyl (C=O) groups excluding carboxylic acids is 1. The topological polar surface area (TPSA) is 39.3 Å². The van der Waals surface area contributed by atoms with Gasteiger partial charge in [0.05, 0.1) is 6.42 Å². The summed E-state index contributed by atoms with van der Waals surface area (Å²) in [5.41, 5.74) is 0. The van der Waals surface area contributed by atoms with Gasteiger partial charge in [-0.15, -0.1) is 0 Å². The maximum Gasteiger partial charge on any atom is 0.307 e. The summed E-state index contributed by atoms with van der Waals surface area (Å²) in [5, 5.41) is 0. The molecular formula is C17H34N4O2. The van der Waals surface area contributed by atoms with Gasteiger partial charge in [-0.25, -0.2) is 0 Å². The number of likely N-dealkylation sites (N-methyl/N-ethyl adjacent to an activating group) is 2. The van der Waals surface area contributed by atoms with Crippen LogP contribution in [0.3, 0.4) is 0 Å². The number of nitrogens with zero attached hydrogens (tertiary/aromatic N) is 4. The van der Waals surface area contributed by atoms with Crippen LogP contribution in [0.15, 0.2) is 0 Å². The Hall–Kier alpha value is -0.690. The van der Waals surface area contributed by atoms with E-state index in [-0.39, 0.29) is 5.97 Å². The van der Waals surface area contributed by atoms with Crippen molar-refractivity contribution in [2.24, 2.45) is 0 Å². The fraction of sp³-hybridized carbons (Fsp3) is 0.941. The van der Waals surface area contributed by atoms with Gasteiger partial charge in [0.15, 0.2) is 0 Å². The molecule has 0 saturated carbocycles. The lowest BCUT2D eigenvalue weighted by Crippen LogP contribution is -2.52. The van der Waals surface area contributed by atoms with Crippen molar-refractivity contribution in [1.82, 2.24) is 19.6 Å². The second kappa shape index (κ2) is 9.57. The van der Waals surface area contributed by atoms with Crippen molar-refractivity contribution < 1.29 is 9.53 Å². The number of piperazine rings is 1. The summed E-state index contributed by atoms with van der Waals surface area (Å²) in [6.45, 7) is 9.16. The number of hydrogen-bond acceptors (Lipinski definition) is 6. The maximum absolute atomic E-state index is 11.7. The molecule has 0 aromatic heterocycles. The van der Waals surface area contributed by atoms with Gasteiger partial charge < -0.3 is 19.4 Å². The minimum atomic E-state index is -0.0620. The summed E-state index contributed by atoms with van der Waals surface area (Å²) in [4.78, 5) is 21.2. The van der Waals surface area contributed by atoms with Crippen LogP contribution < -0.4 is 0 Å². The van der Waals surface area contributed by atoms with Crippen molar-refractivity contribution in [3.63, 3.8) is 0 Å². The predicted molar refractivity (Wildman–Crippen MR) is 92.7 cm³/mol. The van der Waals surface area contributed by atoms with E-state index in [1.807, 2.05) is 19.0 Å². The number of rotatable bonds is 7. The SMILES string of the molecule is CN(C)CCOC(=O)CCN1CCC(N2CCN(C)CC2)CC1. The fourth-order valence-electron chi connectivity index (χ4n) is 3.36. The first kappa shape index (κ1) is 18.6. The summed E-state index contributed by atoms with van der Waals surface area (Å²) < 4.78 is 5.25. The van der Waals surface area contributed by atoms with Gasteiger partial charge in [0.25, 0.3) is 0 Å². The Balaban J connectivity index is 1.57. The third kappa shape index (κ3) is 6.75. The lowest BCUT2D eigenvalue weighted by atomic mass is 10.0. The smallest absolute Gasteiger partial charge is 0.307 e. The normalized spacial score (nSPS) is 22.6. The number of piperidine rings is 1. The molecule has 6 nitrogen and oxygen atoms in total. The van der Waals surface area contributed by atoms with Crippen LogP contribution in [0.1, 0.15) is 19.3 Å². The number of ether oxygens (including phenoxy) is 1. The molecule has 0 spiro atoms. The molecule has 2 heterocycles. The van der Waals surface area contributed by atoms with Crippen LogP contribution in [-0.4, -0.2) is 112 Å². The average Bonchev–Trinajstić information content (AvgIpc) is 2.54. The summed E-state index contributed by atoms with van der Waals surface area (Å²) in [6.07, 6.45) is 2.99. The van der Waals surface area contributed by atoms with Crippen LogP contribution >= 0.6 is 0 Å². The first-order valence-corrected chi connectivity index (χ1v) is 9.00. The summed E-state index contributed by atoms with van der Waals surface area (Å²) >= 11 is 0. The highest BCUT2D eigenvalue weighted by Crippen LogP contribution is 2.18. The zero-order valence-corrected chi connectivity index (χ0v) is 15.2. The van der Waals surface area contributed by atoms with Crippen LogP contribution in [0.2, 0.25) is 0 Å². The minimum absolute atomic E-state index is 0.0620. The Morgan fingerprint density at radius 3 is 2.35 bits per heavy atom. The van der Waals surface area contributed by atoms with Crippen LogP contribution in [0, 0.1) is 0 Å². The molecule has 6 heteroatoms.